The molecule has 0 amide bonds. The predicted octanol–water partition coefficient (Wildman–Crippen LogP) is 1.33. The quantitative estimate of drug-likeness (QED) is 0.598. The lowest BCUT2D eigenvalue weighted by molar-refractivity contribution is 0.412. The summed E-state index contributed by atoms with van der Waals surface area (Å²) in [5.41, 5.74) is 0. The molecular formula is C7H7NOS. The van der Waals surface area contributed by atoms with E-state index in [9.17, 15) is 0 Å². The fourth-order valence-electron chi connectivity index (χ4n) is 0.566. The van der Waals surface area contributed by atoms with Crippen LogP contribution in [0, 0.1) is 12.3 Å². The maximum atomic E-state index is 5.10. The minimum absolute atomic E-state index is 0.640. The van der Waals surface area contributed by atoms with Gasteiger partial charge in [0, 0.05) is 17.5 Å². The third-order valence-electron chi connectivity index (χ3n) is 0.983. The molecule has 0 saturated carbocycles. The number of thiazole rings is 1. The van der Waals surface area contributed by atoms with Crippen LogP contribution in [-0.4, -0.2) is 12.1 Å². The highest BCUT2D eigenvalue weighted by Gasteiger charge is 1.97. The maximum absolute atomic E-state index is 5.10. The highest BCUT2D eigenvalue weighted by atomic mass is 32.1. The van der Waals surface area contributed by atoms with Crippen LogP contribution in [-0.2, 0) is 6.42 Å². The Balaban J connectivity index is 2.70. The summed E-state index contributed by atoms with van der Waals surface area (Å²) in [6, 6.07) is 0. The van der Waals surface area contributed by atoms with Gasteiger partial charge in [-0.25, -0.2) is 4.98 Å². The Bertz CT molecular complexity index is 248. The standard InChI is InChI=1S/C7H7NOS/c1-3-4-6-5-8-7(9-2)10-6/h1,5H,4H2,2H3. The van der Waals surface area contributed by atoms with Gasteiger partial charge >= 0.3 is 0 Å². The van der Waals surface area contributed by atoms with Crippen molar-refractivity contribution in [1.29, 1.82) is 0 Å². The van der Waals surface area contributed by atoms with Gasteiger partial charge in [0.15, 0.2) is 0 Å². The fourth-order valence-corrected chi connectivity index (χ4v) is 1.24. The van der Waals surface area contributed by atoms with Gasteiger partial charge in [0.1, 0.15) is 0 Å². The summed E-state index contributed by atoms with van der Waals surface area (Å²) in [6.07, 6.45) is 7.48. The molecule has 0 bridgehead atoms. The minimum atomic E-state index is 0.640. The molecule has 1 aromatic rings. The van der Waals surface area contributed by atoms with Crippen LogP contribution in [0.1, 0.15) is 4.88 Å². The summed E-state index contributed by atoms with van der Waals surface area (Å²) < 4.78 is 4.88. The Morgan fingerprint density at radius 1 is 1.90 bits per heavy atom. The second-order valence-electron chi connectivity index (χ2n) is 1.68. The molecule has 52 valence electrons. The van der Waals surface area contributed by atoms with Crippen LogP contribution in [0.3, 0.4) is 0 Å². The van der Waals surface area contributed by atoms with E-state index in [0.29, 0.717) is 11.6 Å². The van der Waals surface area contributed by atoms with Crippen molar-refractivity contribution >= 4 is 11.3 Å². The van der Waals surface area contributed by atoms with E-state index in [1.165, 1.54) is 11.3 Å². The summed E-state index contributed by atoms with van der Waals surface area (Å²) in [7, 11) is 1.60. The average Bonchev–Trinajstić information content (AvgIpc) is 2.37. The molecule has 0 aliphatic rings. The van der Waals surface area contributed by atoms with Gasteiger partial charge in [-0.15, -0.1) is 12.3 Å². The molecule has 1 aromatic heterocycles. The van der Waals surface area contributed by atoms with Crippen LogP contribution in [0.15, 0.2) is 6.20 Å². The monoisotopic (exact) mass is 153 g/mol. The van der Waals surface area contributed by atoms with E-state index in [4.69, 9.17) is 11.2 Å². The van der Waals surface area contributed by atoms with E-state index in [0.717, 1.165) is 4.88 Å². The lowest BCUT2D eigenvalue weighted by Crippen LogP contribution is -1.76. The Morgan fingerprint density at radius 3 is 3.20 bits per heavy atom. The molecular weight excluding hydrogens is 146 g/mol. The number of hydrogen-bond acceptors (Lipinski definition) is 3. The van der Waals surface area contributed by atoms with Gasteiger partial charge < -0.3 is 4.74 Å². The van der Waals surface area contributed by atoms with Gasteiger partial charge in [-0.2, -0.15) is 0 Å². The van der Waals surface area contributed by atoms with E-state index in [-0.39, 0.29) is 0 Å². The average molecular weight is 153 g/mol. The molecule has 0 fully saturated rings. The summed E-state index contributed by atoms with van der Waals surface area (Å²) in [5.74, 6) is 2.54. The SMILES string of the molecule is C#CCc1cnc(OC)s1. The number of methoxy groups -OCH3 is 1. The second kappa shape index (κ2) is 3.23. The lowest BCUT2D eigenvalue weighted by Gasteiger charge is -1.86. The first kappa shape index (κ1) is 7.10. The van der Waals surface area contributed by atoms with E-state index < -0.39 is 0 Å². The molecule has 0 atom stereocenters. The summed E-state index contributed by atoms with van der Waals surface area (Å²) >= 11 is 1.48. The van der Waals surface area contributed by atoms with Crippen molar-refractivity contribution in [2.75, 3.05) is 7.11 Å². The first-order chi connectivity index (χ1) is 4.86. The molecule has 1 rings (SSSR count). The van der Waals surface area contributed by atoms with Crippen molar-refractivity contribution in [3.63, 3.8) is 0 Å². The van der Waals surface area contributed by atoms with Gasteiger partial charge in [0.25, 0.3) is 5.19 Å². The molecule has 0 aliphatic heterocycles. The van der Waals surface area contributed by atoms with Crippen molar-refractivity contribution in [1.82, 2.24) is 4.98 Å². The molecule has 0 saturated heterocycles. The normalized spacial score (nSPS) is 8.80. The predicted molar refractivity (Wildman–Crippen MR) is 41.2 cm³/mol. The highest BCUT2D eigenvalue weighted by Crippen LogP contribution is 2.19. The minimum Gasteiger partial charge on any atom is -0.473 e. The number of hydrogen-bond donors (Lipinski definition) is 0. The van der Waals surface area contributed by atoms with Crippen LogP contribution in [0.25, 0.3) is 0 Å². The van der Waals surface area contributed by atoms with Gasteiger partial charge in [0.2, 0.25) is 0 Å². The number of ether oxygens (including phenoxy) is 1. The van der Waals surface area contributed by atoms with Crippen LogP contribution in [0.4, 0.5) is 0 Å². The van der Waals surface area contributed by atoms with Crippen molar-refractivity contribution in [3.05, 3.63) is 11.1 Å². The van der Waals surface area contributed by atoms with Gasteiger partial charge in [0.05, 0.1) is 7.11 Å². The molecule has 2 nitrogen and oxygen atoms in total. The molecule has 0 aromatic carbocycles. The Kier molecular flexibility index (Phi) is 2.30. The summed E-state index contributed by atoms with van der Waals surface area (Å²) in [4.78, 5) is 5.02. The third-order valence-corrected chi connectivity index (χ3v) is 1.94. The molecule has 0 unspecified atom stereocenters. The second-order valence-corrected chi connectivity index (χ2v) is 2.76. The van der Waals surface area contributed by atoms with Gasteiger partial charge in [-0.05, 0) is 0 Å². The molecule has 0 spiro atoms. The fraction of sp³-hybridized carbons (Fsp3) is 0.286. The van der Waals surface area contributed by atoms with Crippen molar-refractivity contribution in [2.24, 2.45) is 0 Å². The largest absolute Gasteiger partial charge is 0.473 e. The van der Waals surface area contributed by atoms with Crippen LogP contribution < -0.4 is 4.74 Å². The lowest BCUT2D eigenvalue weighted by atomic mass is 10.4. The molecule has 0 aliphatic carbocycles. The molecule has 0 N–H and O–H groups in total. The number of rotatable bonds is 2. The number of nitrogens with zero attached hydrogens (tertiary/aromatic N) is 1. The molecule has 3 heteroatoms. The zero-order chi connectivity index (χ0) is 7.40. The summed E-state index contributed by atoms with van der Waals surface area (Å²) in [5, 5.41) is 0.672. The maximum Gasteiger partial charge on any atom is 0.273 e. The van der Waals surface area contributed by atoms with E-state index in [1.807, 2.05) is 0 Å². The molecule has 1 heterocycles. The zero-order valence-corrected chi connectivity index (χ0v) is 6.44. The summed E-state index contributed by atoms with van der Waals surface area (Å²) in [6.45, 7) is 0. The van der Waals surface area contributed by atoms with E-state index >= 15 is 0 Å². The van der Waals surface area contributed by atoms with Crippen molar-refractivity contribution in [3.8, 4) is 17.5 Å². The van der Waals surface area contributed by atoms with Crippen LogP contribution in [0.2, 0.25) is 0 Å². The Labute approximate surface area is 63.9 Å². The third kappa shape index (κ3) is 1.49. The first-order valence-corrected chi connectivity index (χ1v) is 3.60. The van der Waals surface area contributed by atoms with Crippen LogP contribution in [0.5, 0.6) is 5.19 Å². The van der Waals surface area contributed by atoms with E-state index in [2.05, 4.69) is 10.9 Å². The van der Waals surface area contributed by atoms with E-state index in [1.54, 1.807) is 13.3 Å². The van der Waals surface area contributed by atoms with Crippen LogP contribution >= 0.6 is 11.3 Å². The zero-order valence-electron chi connectivity index (χ0n) is 5.63. The Morgan fingerprint density at radius 2 is 2.70 bits per heavy atom. The first-order valence-electron chi connectivity index (χ1n) is 2.79. The van der Waals surface area contributed by atoms with Gasteiger partial charge in [-0.1, -0.05) is 11.3 Å². The number of aromatic nitrogens is 1. The Hall–Kier alpha value is -1.01. The highest BCUT2D eigenvalue weighted by molar-refractivity contribution is 7.13. The molecule has 0 radical (unpaired) electrons. The number of terminal acetylenes is 1. The smallest absolute Gasteiger partial charge is 0.273 e. The van der Waals surface area contributed by atoms with Gasteiger partial charge in [-0.3, -0.25) is 0 Å². The topological polar surface area (TPSA) is 22.1 Å². The molecule has 10 heavy (non-hydrogen) atoms. The van der Waals surface area contributed by atoms with Crippen molar-refractivity contribution in [2.45, 2.75) is 6.42 Å². The van der Waals surface area contributed by atoms with Crippen molar-refractivity contribution < 1.29 is 4.74 Å².